The van der Waals surface area contributed by atoms with Crippen molar-refractivity contribution in [1.82, 2.24) is 15.0 Å². The van der Waals surface area contributed by atoms with Gasteiger partial charge in [-0.1, -0.05) is 140 Å². The Hall–Kier alpha value is -6.39. The predicted octanol–water partition coefficient (Wildman–Crippen LogP) is 11.3. The first-order chi connectivity index (χ1) is 23.3. The fraction of sp³-hybridized carbons (Fsp3) is 0. The summed E-state index contributed by atoms with van der Waals surface area (Å²) in [5, 5.41) is 4.34. The molecule has 0 amide bonds. The van der Waals surface area contributed by atoms with Crippen molar-refractivity contribution in [2.75, 3.05) is 0 Å². The van der Waals surface area contributed by atoms with Crippen molar-refractivity contribution in [1.29, 1.82) is 0 Å². The lowest BCUT2D eigenvalue weighted by molar-refractivity contribution is 0.669. The van der Waals surface area contributed by atoms with Crippen LogP contribution in [0.25, 0.3) is 89.1 Å². The molecule has 0 unspecified atom stereocenters. The van der Waals surface area contributed by atoms with Gasteiger partial charge >= 0.3 is 0 Å². The molecule has 9 rings (SSSR count). The van der Waals surface area contributed by atoms with E-state index in [4.69, 9.17) is 19.4 Å². The molecule has 0 aliphatic rings. The summed E-state index contributed by atoms with van der Waals surface area (Å²) in [6.07, 6.45) is 0. The fourth-order valence-corrected chi connectivity index (χ4v) is 6.45. The summed E-state index contributed by atoms with van der Waals surface area (Å²) >= 11 is 0. The van der Waals surface area contributed by atoms with Gasteiger partial charge in [-0.3, -0.25) is 0 Å². The number of hydrogen-bond acceptors (Lipinski definition) is 4. The maximum absolute atomic E-state index is 6.24. The lowest BCUT2D eigenvalue weighted by Gasteiger charge is -2.13. The molecular weight excluding hydrogens is 574 g/mol. The van der Waals surface area contributed by atoms with E-state index in [0.29, 0.717) is 17.5 Å². The summed E-state index contributed by atoms with van der Waals surface area (Å²) in [4.78, 5) is 15.4. The molecule has 0 spiro atoms. The highest BCUT2D eigenvalue weighted by Gasteiger charge is 2.19. The SMILES string of the molecule is c1ccc(-c2ccc(-c3nc(-c4cc(-c5ccccc5)c5ccccc5c4)nc(-c4cccc5oc6ccccc6c45)n3)cc2)cc1. The molecule has 7 aromatic carbocycles. The van der Waals surface area contributed by atoms with Crippen LogP contribution < -0.4 is 0 Å². The molecule has 4 heteroatoms. The minimum atomic E-state index is 0.601. The highest BCUT2D eigenvalue weighted by molar-refractivity contribution is 6.11. The summed E-state index contributed by atoms with van der Waals surface area (Å²) in [6, 6.07) is 56.4. The van der Waals surface area contributed by atoms with E-state index in [2.05, 4.69) is 121 Å². The zero-order chi connectivity index (χ0) is 31.2. The van der Waals surface area contributed by atoms with E-state index in [9.17, 15) is 0 Å². The molecule has 4 nitrogen and oxygen atoms in total. The Morgan fingerprint density at radius 2 is 0.915 bits per heavy atom. The first-order valence-corrected chi connectivity index (χ1v) is 15.7. The van der Waals surface area contributed by atoms with E-state index in [1.165, 1.54) is 10.9 Å². The van der Waals surface area contributed by atoms with Crippen LogP contribution in [0.2, 0.25) is 0 Å². The van der Waals surface area contributed by atoms with Gasteiger partial charge in [0.1, 0.15) is 11.2 Å². The van der Waals surface area contributed by atoms with Gasteiger partial charge in [-0.25, -0.2) is 15.0 Å². The van der Waals surface area contributed by atoms with Gasteiger partial charge < -0.3 is 4.42 Å². The van der Waals surface area contributed by atoms with Gasteiger partial charge in [0.25, 0.3) is 0 Å². The average molecular weight is 602 g/mol. The molecule has 0 saturated carbocycles. The number of nitrogens with zero attached hydrogens (tertiary/aromatic N) is 3. The molecule has 0 aliphatic carbocycles. The van der Waals surface area contributed by atoms with Gasteiger partial charge in [0, 0.05) is 27.5 Å². The molecule has 9 aromatic rings. The average Bonchev–Trinajstić information content (AvgIpc) is 3.54. The first-order valence-electron chi connectivity index (χ1n) is 15.7. The van der Waals surface area contributed by atoms with Gasteiger partial charge in [0.05, 0.1) is 0 Å². The van der Waals surface area contributed by atoms with Crippen LogP contribution in [0, 0.1) is 0 Å². The van der Waals surface area contributed by atoms with Crippen LogP contribution in [0.5, 0.6) is 0 Å². The van der Waals surface area contributed by atoms with Crippen LogP contribution in [0.4, 0.5) is 0 Å². The zero-order valence-electron chi connectivity index (χ0n) is 25.3. The van der Waals surface area contributed by atoms with Crippen molar-refractivity contribution >= 4 is 32.7 Å². The van der Waals surface area contributed by atoms with Gasteiger partial charge in [-0.2, -0.15) is 0 Å². The third-order valence-corrected chi connectivity index (χ3v) is 8.73. The quantitative estimate of drug-likeness (QED) is 0.197. The van der Waals surface area contributed by atoms with E-state index in [-0.39, 0.29) is 0 Å². The molecule has 0 bridgehead atoms. The Bertz CT molecular complexity index is 2550. The molecule has 0 saturated heterocycles. The van der Waals surface area contributed by atoms with Crippen LogP contribution in [-0.2, 0) is 0 Å². The van der Waals surface area contributed by atoms with Crippen molar-refractivity contribution in [3.63, 3.8) is 0 Å². The molecule has 2 aromatic heterocycles. The fourth-order valence-electron chi connectivity index (χ4n) is 6.45. The summed E-state index contributed by atoms with van der Waals surface area (Å²) in [6.45, 7) is 0. The Kier molecular flexibility index (Phi) is 6.43. The lowest BCUT2D eigenvalue weighted by Crippen LogP contribution is -2.01. The maximum atomic E-state index is 6.24. The third-order valence-electron chi connectivity index (χ3n) is 8.73. The van der Waals surface area contributed by atoms with Crippen molar-refractivity contribution in [2.45, 2.75) is 0 Å². The molecule has 2 heterocycles. The largest absolute Gasteiger partial charge is 0.456 e. The van der Waals surface area contributed by atoms with Gasteiger partial charge in [-0.05, 0) is 57.3 Å². The van der Waals surface area contributed by atoms with Crippen LogP contribution in [0.1, 0.15) is 0 Å². The van der Waals surface area contributed by atoms with Crippen molar-refractivity contribution < 1.29 is 4.42 Å². The summed E-state index contributed by atoms with van der Waals surface area (Å²) in [5.74, 6) is 1.83. The van der Waals surface area contributed by atoms with E-state index in [1.807, 2.05) is 42.5 Å². The Morgan fingerprint density at radius 3 is 1.70 bits per heavy atom. The van der Waals surface area contributed by atoms with Crippen molar-refractivity contribution in [3.05, 3.63) is 164 Å². The minimum absolute atomic E-state index is 0.601. The van der Waals surface area contributed by atoms with Gasteiger partial charge in [-0.15, -0.1) is 0 Å². The summed E-state index contributed by atoms with van der Waals surface area (Å²) < 4.78 is 6.24. The van der Waals surface area contributed by atoms with Crippen molar-refractivity contribution in [2.24, 2.45) is 0 Å². The molecule has 0 aliphatic heterocycles. The standard InChI is InChI=1S/C43H27N3O/c1-3-12-28(13-4-1)29-22-24-31(25-23-29)41-44-42(33-26-32-16-7-8-17-34(32)37(27-33)30-14-5-2-6-15-30)46-43(45-41)36-19-11-21-39-40(36)35-18-9-10-20-38(35)47-39/h1-27H. The van der Waals surface area contributed by atoms with Crippen LogP contribution in [0.3, 0.4) is 0 Å². The number of rotatable bonds is 5. The van der Waals surface area contributed by atoms with Gasteiger partial charge in [0.15, 0.2) is 17.5 Å². The van der Waals surface area contributed by atoms with Crippen LogP contribution >= 0.6 is 0 Å². The summed E-state index contributed by atoms with van der Waals surface area (Å²) in [5.41, 5.74) is 8.98. The zero-order valence-corrected chi connectivity index (χ0v) is 25.3. The Morgan fingerprint density at radius 1 is 0.340 bits per heavy atom. The van der Waals surface area contributed by atoms with E-state index in [1.54, 1.807) is 0 Å². The molecule has 220 valence electrons. The third kappa shape index (κ3) is 4.84. The molecular formula is C43H27N3O. The number of furan rings is 1. The second-order valence-corrected chi connectivity index (χ2v) is 11.6. The molecule has 0 radical (unpaired) electrons. The normalized spacial score (nSPS) is 11.4. The smallest absolute Gasteiger partial charge is 0.164 e. The van der Waals surface area contributed by atoms with Crippen LogP contribution in [0.15, 0.2) is 168 Å². The summed E-state index contributed by atoms with van der Waals surface area (Å²) in [7, 11) is 0. The molecule has 47 heavy (non-hydrogen) atoms. The second-order valence-electron chi connectivity index (χ2n) is 11.6. The second kappa shape index (κ2) is 11.2. The monoisotopic (exact) mass is 601 g/mol. The van der Waals surface area contributed by atoms with Crippen molar-refractivity contribution in [3.8, 4) is 56.4 Å². The lowest BCUT2D eigenvalue weighted by atomic mass is 9.95. The van der Waals surface area contributed by atoms with E-state index >= 15 is 0 Å². The Balaban J connectivity index is 1.28. The molecule has 0 fully saturated rings. The highest BCUT2D eigenvalue weighted by Crippen LogP contribution is 2.38. The molecule has 0 N–H and O–H groups in total. The minimum Gasteiger partial charge on any atom is -0.456 e. The number of benzene rings is 7. The number of hydrogen-bond donors (Lipinski definition) is 0. The van der Waals surface area contributed by atoms with Gasteiger partial charge in [0.2, 0.25) is 0 Å². The highest BCUT2D eigenvalue weighted by atomic mass is 16.3. The number of para-hydroxylation sites is 1. The topological polar surface area (TPSA) is 51.8 Å². The predicted molar refractivity (Wildman–Crippen MR) is 192 cm³/mol. The number of aromatic nitrogens is 3. The maximum Gasteiger partial charge on any atom is 0.164 e. The van der Waals surface area contributed by atoms with E-state index in [0.717, 1.165) is 60.7 Å². The van der Waals surface area contributed by atoms with Crippen LogP contribution in [-0.4, -0.2) is 15.0 Å². The first kappa shape index (κ1) is 27.0. The number of fused-ring (bicyclic) bond motifs is 4. The molecule has 0 atom stereocenters. The van der Waals surface area contributed by atoms with E-state index < -0.39 is 0 Å². The Labute approximate surface area is 271 Å².